The summed E-state index contributed by atoms with van der Waals surface area (Å²) in [7, 11) is 1.88. The number of rotatable bonds is 4. The van der Waals surface area contributed by atoms with Crippen LogP contribution in [-0.4, -0.2) is 40.9 Å². The Labute approximate surface area is 126 Å². The van der Waals surface area contributed by atoms with Gasteiger partial charge in [0.05, 0.1) is 5.69 Å². The molecule has 5 nitrogen and oxygen atoms in total. The van der Waals surface area contributed by atoms with E-state index in [1.54, 1.807) is 12.4 Å². The molecule has 1 saturated carbocycles. The molecule has 0 radical (unpaired) electrons. The fraction of sp³-hybridized carbons (Fsp3) is 0.688. The van der Waals surface area contributed by atoms with Crippen molar-refractivity contribution in [3.63, 3.8) is 0 Å². The summed E-state index contributed by atoms with van der Waals surface area (Å²) in [6, 6.07) is 0. The molecule has 21 heavy (non-hydrogen) atoms. The van der Waals surface area contributed by atoms with Crippen LogP contribution in [0.3, 0.4) is 0 Å². The quantitative estimate of drug-likeness (QED) is 0.922. The third-order valence-electron chi connectivity index (χ3n) is 4.78. The van der Waals surface area contributed by atoms with Crippen molar-refractivity contribution in [2.75, 3.05) is 25.5 Å². The number of hydrogen-bond acceptors (Lipinski definition) is 4. The van der Waals surface area contributed by atoms with Gasteiger partial charge in [-0.15, -0.1) is 0 Å². The normalized spacial score (nSPS) is 22.7. The smallest absolute Gasteiger partial charge is 0.225 e. The van der Waals surface area contributed by atoms with Gasteiger partial charge in [-0.3, -0.25) is 9.78 Å². The number of carbonyl (C=O) groups is 1. The van der Waals surface area contributed by atoms with Gasteiger partial charge < -0.3 is 10.2 Å². The minimum Gasteiger partial charge on any atom is -0.372 e. The van der Waals surface area contributed by atoms with Crippen molar-refractivity contribution < 1.29 is 4.79 Å². The molecule has 0 unspecified atom stereocenters. The lowest BCUT2D eigenvalue weighted by Gasteiger charge is -2.37. The molecule has 114 valence electrons. The molecule has 5 heteroatoms. The van der Waals surface area contributed by atoms with E-state index < -0.39 is 0 Å². The van der Waals surface area contributed by atoms with Crippen LogP contribution in [0.25, 0.3) is 0 Å². The Morgan fingerprint density at radius 1 is 1.29 bits per heavy atom. The Hall–Kier alpha value is -1.65. The number of hydrogen-bond donors (Lipinski definition) is 1. The van der Waals surface area contributed by atoms with Gasteiger partial charge in [0.15, 0.2) is 0 Å². The highest BCUT2D eigenvalue weighted by atomic mass is 16.2. The van der Waals surface area contributed by atoms with Crippen molar-refractivity contribution in [1.29, 1.82) is 0 Å². The molecule has 0 aromatic carbocycles. The first-order valence-electron chi connectivity index (χ1n) is 8.04. The summed E-state index contributed by atoms with van der Waals surface area (Å²) in [6.07, 6.45) is 10.0. The van der Waals surface area contributed by atoms with Crippen molar-refractivity contribution in [2.24, 2.45) is 11.8 Å². The van der Waals surface area contributed by atoms with E-state index in [2.05, 4.69) is 20.2 Å². The van der Waals surface area contributed by atoms with Gasteiger partial charge >= 0.3 is 0 Å². The molecule has 1 amide bonds. The van der Waals surface area contributed by atoms with Gasteiger partial charge in [0.25, 0.3) is 0 Å². The average molecular weight is 288 g/mol. The SMILES string of the molecule is CNc1nccnc1C[C@@H]1CCCN(C(=O)C2CCC2)C1. The predicted octanol–water partition coefficient (Wildman–Crippen LogP) is 2.10. The van der Waals surface area contributed by atoms with Gasteiger partial charge in [-0.2, -0.15) is 0 Å². The highest BCUT2D eigenvalue weighted by Gasteiger charge is 2.32. The third-order valence-corrected chi connectivity index (χ3v) is 4.78. The van der Waals surface area contributed by atoms with Crippen molar-refractivity contribution >= 4 is 11.7 Å². The van der Waals surface area contributed by atoms with Crippen LogP contribution in [0.5, 0.6) is 0 Å². The van der Waals surface area contributed by atoms with Gasteiger partial charge in [0.2, 0.25) is 5.91 Å². The largest absolute Gasteiger partial charge is 0.372 e. The molecule has 2 heterocycles. The van der Waals surface area contributed by atoms with E-state index >= 15 is 0 Å². The van der Waals surface area contributed by atoms with Crippen molar-refractivity contribution in [3.8, 4) is 0 Å². The molecule has 1 atom stereocenters. The fourth-order valence-electron chi connectivity index (χ4n) is 3.34. The summed E-state index contributed by atoms with van der Waals surface area (Å²) in [5.41, 5.74) is 1.02. The first-order valence-corrected chi connectivity index (χ1v) is 8.04. The van der Waals surface area contributed by atoms with E-state index in [0.717, 1.165) is 50.3 Å². The van der Waals surface area contributed by atoms with Crippen LogP contribution in [0.15, 0.2) is 12.4 Å². The molecule has 0 spiro atoms. The highest BCUT2D eigenvalue weighted by molar-refractivity contribution is 5.79. The number of nitrogens with one attached hydrogen (secondary N) is 1. The molecule has 1 aromatic heterocycles. The molecule has 1 aliphatic heterocycles. The molecular weight excluding hydrogens is 264 g/mol. The highest BCUT2D eigenvalue weighted by Crippen LogP contribution is 2.30. The summed E-state index contributed by atoms with van der Waals surface area (Å²) in [5.74, 6) is 2.07. The zero-order valence-corrected chi connectivity index (χ0v) is 12.7. The Kier molecular flexibility index (Phi) is 4.36. The lowest BCUT2D eigenvalue weighted by atomic mass is 9.83. The molecule has 2 aliphatic rings. The molecule has 1 saturated heterocycles. The van der Waals surface area contributed by atoms with Gasteiger partial charge in [-0.05, 0) is 38.0 Å². The Bertz CT molecular complexity index is 501. The number of carbonyl (C=O) groups excluding carboxylic acids is 1. The lowest BCUT2D eigenvalue weighted by molar-refractivity contribution is -0.140. The Morgan fingerprint density at radius 2 is 2.10 bits per heavy atom. The van der Waals surface area contributed by atoms with Crippen molar-refractivity contribution in [2.45, 2.75) is 38.5 Å². The second-order valence-electron chi connectivity index (χ2n) is 6.23. The fourth-order valence-corrected chi connectivity index (χ4v) is 3.34. The predicted molar refractivity (Wildman–Crippen MR) is 81.9 cm³/mol. The van der Waals surface area contributed by atoms with Crippen molar-refractivity contribution in [3.05, 3.63) is 18.1 Å². The standard InChI is InChI=1S/C16H24N4O/c1-17-15-14(18-7-8-19-15)10-12-4-3-9-20(11-12)16(21)13-5-2-6-13/h7-8,12-13H,2-6,9-11H2,1H3,(H,17,19)/t12-/m0/s1. The van der Waals surface area contributed by atoms with Gasteiger partial charge in [-0.1, -0.05) is 6.42 Å². The van der Waals surface area contributed by atoms with Crippen LogP contribution >= 0.6 is 0 Å². The number of piperidine rings is 1. The summed E-state index contributed by atoms with van der Waals surface area (Å²) >= 11 is 0. The third kappa shape index (κ3) is 3.17. The minimum absolute atomic E-state index is 0.313. The minimum atomic E-state index is 0.313. The number of aromatic nitrogens is 2. The van der Waals surface area contributed by atoms with Crippen LogP contribution in [0.2, 0.25) is 0 Å². The van der Waals surface area contributed by atoms with Gasteiger partial charge in [-0.25, -0.2) is 4.98 Å². The number of nitrogens with zero attached hydrogens (tertiary/aromatic N) is 3. The second-order valence-corrected chi connectivity index (χ2v) is 6.23. The summed E-state index contributed by atoms with van der Waals surface area (Å²) in [4.78, 5) is 23.2. The second kappa shape index (κ2) is 6.41. The van der Waals surface area contributed by atoms with E-state index in [9.17, 15) is 4.79 Å². The summed E-state index contributed by atoms with van der Waals surface area (Å²) in [6.45, 7) is 1.82. The van der Waals surface area contributed by atoms with Gasteiger partial charge in [0.1, 0.15) is 5.82 Å². The van der Waals surface area contributed by atoms with E-state index in [1.807, 2.05) is 7.05 Å². The van der Waals surface area contributed by atoms with Crippen LogP contribution < -0.4 is 5.32 Å². The van der Waals surface area contributed by atoms with Crippen LogP contribution in [0.1, 0.15) is 37.8 Å². The monoisotopic (exact) mass is 288 g/mol. The van der Waals surface area contributed by atoms with Crippen molar-refractivity contribution in [1.82, 2.24) is 14.9 Å². The molecule has 1 aliphatic carbocycles. The van der Waals surface area contributed by atoms with Crippen LogP contribution in [-0.2, 0) is 11.2 Å². The summed E-state index contributed by atoms with van der Waals surface area (Å²) in [5, 5.41) is 3.10. The van der Waals surface area contributed by atoms with E-state index in [-0.39, 0.29) is 0 Å². The Morgan fingerprint density at radius 3 is 2.81 bits per heavy atom. The number of anilines is 1. The first-order chi connectivity index (χ1) is 10.3. The molecule has 3 rings (SSSR count). The molecule has 2 fully saturated rings. The summed E-state index contributed by atoms with van der Waals surface area (Å²) < 4.78 is 0. The van der Waals surface area contributed by atoms with E-state index in [4.69, 9.17) is 0 Å². The van der Waals surface area contributed by atoms with E-state index in [0.29, 0.717) is 17.7 Å². The van der Waals surface area contributed by atoms with Gasteiger partial charge in [0, 0.05) is 38.4 Å². The first kappa shape index (κ1) is 14.3. The molecule has 1 N–H and O–H groups in total. The molecule has 1 aromatic rings. The Balaban J connectivity index is 1.61. The maximum atomic E-state index is 12.4. The molecular formula is C16H24N4O. The number of likely N-dealkylation sites (tertiary alicyclic amines) is 1. The average Bonchev–Trinajstić information content (AvgIpc) is 2.46. The van der Waals surface area contributed by atoms with Crippen LogP contribution in [0.4, 0.5) is 5.82 Å². The topological polar surface area (TPSA) is 58.1 Å². The van der Waals surface area contributed by atoms with Crippen LogP contribution in [0, 0.1) is 11.8 Å². The molecule has 0 bridgehead atoms. The maximum absolute atomic E-state index is 12.4. The maximum Gasteiger partial charge on any atom is 0.225 e. The zero-order chi connectivity index (χ0) is 14.7. The number of amides is 1. The lowest BCUT2D eigenvalue weighted by Crippen LogP contribution is -2.45. The zero-order valence-electron chi connectivity index (χ0n) is 12.7. The van der Waals surface area contributed by atoms with E-state index in [1.165, 1.54) is 12.8 Å².